The Balaban J connectivity index is 2.15. The molecule has 0 aromatic carbocycles. The largest absolute Gasteiger partial charge is 0.335 e. The Labute approximate surface area is 75.3 Å². The molecule has 0 bridgehead atoms. The zero-order chi connectivity index (χ0) is 8.27. The lowest BCUT2D eigenvalue weighted by molar-refractivity contribution is 0.211. The molecule has 1 N–H and O–H groups in total. The van der Waals surface area contributed by atoms with Gasteiger partial charge >= 0.3 is 6.03 Å². The van der Waals surface area contributed by atoms with Crippen molar-refractivity contribution in [3.05, 3.63) is 0 Å². The third-order valence-corrected chi connectivity index (χ3v) is 2.03. The molecule has 0 atom stereocenters. The Kier molecular flexibility index (Phi) is 3.17. The maximum absolute atomic E-state index is 11.2. The fourth-order valence-corrected chi connectivity index (χ4v) is 1.27. The second-order valence-electron chi connectivity index (χ2n) is 2.83. The molecule has 1 saturated carbocycles. The van der Waals surface area contributed by atoms with Crippen molar-refractivity contribution < 1.29 is 4.79 Å². The number of carbonyl (C=O) groups excluding carboxylic acids is 1. The van der Waals surface area contributed by atoms with Crippen molar-refractivity contribution in [1.82, 2.24) is 10.2 Å². The van der Waals surface area contributed by atoms with Gasteiger partial charge in [-0.25, -0.2) is 4.79 Å². The molecule has 0 aromatic heterocycles. The Morgan fingerprint density at radius 3 is 2.82 bits per heavy atom. The molecule has 0 aromatic rings. The Morgan fingerprint density at radius 2 is 2.36 bits per heavy atom. The summed E-state index contributed by atoms with van der Waals surface area (Å²) >= 11 is 3.28. The summed E-state index contributed by atoms with van der Waals surface area (Å²) in [5, 5.41) is 3.74. The molecule has 0 spiro atoms. The van der Waals surface area contributed by atoms with E-state index in [0.29, 0.717) is 6.04 Å². The van der Waals surface area contributed by atoms with Gasteiger partial charge in [-0.15, -0.1) is 0 Å². The molecule has 0 saturated heterocycles. The van der Waals surface area contributed by atoms with E-state index >= 15 is 0 Å². The minimum absolute atomic E-state index is 0.0481. The molecule has 1 fully saturated rings. The van der Waals surface area contributed by atoms with E-state index in [0.717, 1.165) is 24.7 Å². The average molecular weight is 221 g/mol. The molecule has 0 aliphatic heterocycles. The number of halogens is 1. The first-order valence-corrected chi connectivity index (χ1v) is 4.94. The second kappa shape index (κ2) is 3.95. The zero-order valence-electron chi connectivity index (χ0n) is 6.64. The fraction of sp³-hybridized carbons (Fsp3) is 0.857. The topological polar surface area (TPSA) is 32.3 Å². The molecule has 0 heterocycles. The van der Waals surface area contributed by atoms with Gasteiger partial charge in [-0.3, -0.25) is 0 Å². The van der Waals surface area contributed by atoms with Crippen molar-refractivity contribution >= 4 is 22.0 Å². The van der Waals surface area contributed by atoms with Gasteiger partial charge in [0.25, 0.3) is 0 Å². The molecule has 0 radical (unpaired) electrons. The van der Waals surface area contributed by atoms with Crippen molar-refractivity contribution in [3.8, 4) is 0 Å². The summed E-state index contributed by atoms with van der Waals surface area (Å²) in [6, 6.07) is 0.507. The van der Waals surface area contributed by atoms with Crippen LogP contribution in [0.3, 0.4) is 0 Å². The van der Waals surface area contributed by atoms with E-state index in [9.17, 15) is 4.79 Å². The van der Waals surface area contributed by atoms with Crippen LogP contribution in [0.15, 0.2) is 0 Å². The van der Waals surface area contributed by atoms with Crippen molar-refractivity contribution in [2.75, 3.05) is 18.9 Å². The molecule has 1 aliphatic rings. The Morgan fingerprint density at radius 1 is 1.73 bits per heavy atom. The lowest BCUT2D eigenvalue weighted by Gasteiger charge is -2.15. The summed E-state index contributed by atoms with van der Waals surface area (Å²) in [5.74, 6) is 0. The highest BCUT2D eigenvalue weighted by atomic mass is 79.9. The van der Waals surface area contributed by atoms with E-state index < -0.39 is 0 Å². The van der Waals surface area contributed by atoms with Gasteiger partial charge < -0.3 is 10.2 Å². The predicted molar refractivity (Wildman–Crippen MR) is 48.0 cm³/mol. The van der Waals surface area contributed by atoms with Crippen molar-refractivity contribution in [3.63, 3.8) is 0 Å². The Hall–Kier alpha value is -0.250. The molecule has 2 amide bonds. The molecule has 64 valence electrons. The summed E-state index contributed by atoms with van der Waals surface area (Å²) in [7, 11) is 1.80. The standard InChI is InChI=1S/C7H13BrN2O/c1-10(5-4-8)7(11)9-6-2-3-6/h6H,2-5H2,1H3,(H,9,11). The first-order chi connectivity index (χ1) is 5.24. The van der Waals surface area contributed by atoms with Gasteiger partial charge in [0.2, 0.25) is 0 Å². The molecule has 11 heavy (non-hydrogen) atoms. The summed E-state index contributed by atoms with van der Waals surface area (Å²) in [4.78, 5) is 12.9. The van der Waals surface area contributed by atoms with Crippen LogP contribution >= 0.6 is 15.9 Å². The van der Waals surface area contributed by atoms with E-state index in [2.05, 4.69) is 21.2 Å². The van der Waals surface area contributed by atoms with Crippen LogP contribution < -0.4 is 5.32 Å². The minimum atomic E-state index is 0.0481. The quantitative estimate of drug-likeness (QED) is 0.713. The van der Waals surface area contributed by atoms with Crippen LogP contribution in [-0.2, 0) is 0 Å². The molecule has 4 heteroatoms. The molecular formula is C7H13BrN2O. The van der Waals surface area contributed by atoms with Crippen LogP contribution in [-0.4, -0.2) is 35.9 Å². The number of rotatable bonds is 3. The van der Waals surface area contributed by atoms with Crippen LogP contribution in [0.5, 0.6) is 0 Å². The predicted octanol–water partition coefficient (Wildman–Crippen LogP) is 1.19. The number of urea groups is 1. The van der Waals surface area contributed by atoms with Gasteiger partial charge in [0.15, 0.2) is 0 Å². The molecular weight excluding hydrogens is 208 g/mol. The van der Waals surface area contributed by atoms with E-state index in [1.54, 1.807) is 11.9 Å². The van der Waals surface area contributed by atoms with Gasteiger partial charge in [-0.1, -0.05) is 15.9 Å². The van der Waals surface area contributed by atoms with Gasteiger partial charge in [-0.05, 0) is 12.8 Å². The van der Waals surface area contributed by atoms with Gasteiger partial charge in [0.05, 0.1) is 0 Å². The van der Waals surface area contributed by atoms with E-state index in [1.165, 1.54) is 0 Å². The minimum Gasteiger partial charge on any atom is -0.335 e. The number of hydrogen-bond acceptors (Lipinski definition) is 1. The smallest absolute Gasteiger partial charge is 0.317 e. The van der Waals surface area contributed by atoms with Crippen LogP contribution in [0.1, 0.15) is 12.8 Å². The van der Waals surface area contributed by atoms with Crippen molar-refractivity contribution in [1.29, 1.82) is 0 Å². The molecule has 1 aliphatic carbocycles. The normalized spacial score (nSPS) is 16.2. The molecule has 3 nitrogen and oxygen atoms in total. The monoisotopic (exact) mass is 220 g/mol. The van der Waals surface area contributed by atoms with Crippen LogP contribution in [0.25, 0.3) is 0 Å². The summed E-state index contributed by atoms with van der Waals surface area (Å²) in [6.07, 6.45) is 2.29. The number of nitrogens with one attached hydrogen (secondary N) is 1. The summed E-state index contributed by atoms with van der Waals surface area (Å²) < 4.78 is 0. The lowest BCUT2D eigenvalue weighted by Crippen LogP contribution is -2.39. The summed E-state index contributed by atoms with van der Waals surface area (Å²) in [6.45, 7) is 0.762. The number of carbonyl (C=O) groups is 1. The van der Waals surface area contributed by atoms with Gasteiger partial charge in [-0.2, -0.15) is 0 Å². The van der Waals surface area contributed by atoms with E-state index in [4.69, 9.17) is 0 Å². The van der Waals surface area contributed by atoms with Crippen LogP contribution in [0.2, 0.25) is 0 Å². The third-order valence-electron chi connectivity index (χ3n) is 1.67. The summed E-state index contributed by atoms with van der Waals surface area (Å²) in [5.41, 5.74) is 0. The first kappa shape index (κ1) is 8.84. The van der Waals surface area contributed by atoms with Crippen LogP contribution in [0.4, 0.5) is 4.79 Å². The number of amides is 2. The first-order valence-electron chi connectivity index (χ1n) is 3.81. The van der Waals surface area contributed by atoms with Crippen molar-refractivity contribution in [2.24, 2.45) is 0 Å². The van der Waals surface area contributed by atoms with Gasteiger partial charge in [0.1, 0.15) is 0 Å². The van der Waals surface area contributed by atoms with Gasteiger partial charge in [0, 0.05) is 25.0 Å². The highest BCUT2D eigenvalue weighted by Crippen LogP contribution is 2.18. The number of nitrogens with zero attached hydrogens (tertiary/aromatic N) is 1. The Bertz CT molecular complexity index is 147. The SMILES string of the molecule is CN(CCBr)C(=O)NC1CC1. The average Bonchev–Trinajstić information content (AvgIpc) is 2.72. The second-order valence-corrected chi connectivity index (χ2v) is 3.63. The van der Waals surface area contributed by atoms with E-state index in [1.807, 2.05) is 0 Å². The lowest BCUT2D eigenvalue weighted by atomic mass is 10.6. The molecule has 0 unspecified atom stereocenters. The molecule has 1 rings (SSSR count). The maximum Gasteiger partial charge on any atom is 0.317 e. The zero-order valence-corrected chi connectivity index (χ0v) is 8.23. The number of hydrogen-bond donors (Lipinski definition) is 1. The third kappa shape index (κ3) is 3.10. The highest BCUT2D eigenvalue weighted by Gasteiger charge is 2.24. The fourth-order valence-electron chi connectivity index (χ4n) is 0.741. The van der Waals surface area contributed by atoms with Crippen LogP contribution in [0, 0.1) is 0 Å². The highest BCUT2D eigenvalue weighted by molar-refractivity contribution is 9.09. The van der Waals surface area contributed by atoms with Crippen molar-refractivity contribution in [2.45, 2.75) is 18.9 Å². The number of alkyl halides is 1. The maximum atomic E-state index is 11.2. The van der Waals surface area contributed by atoms with E-state index in [-0.39, 0.29) is 6.03 Å².